The third-order valence-electron chi connectivity index (χ3n) is 5.35. The fourth-order valence-electron chi connectivity index (χ4n) is 3.77. The van der Waals surface area contributed by atoms with Crippen LogP contribution >= 0.6 is 0 Å². The maximum atomic E-state index is 13.4. The lowest BCUT2D eigenvalue weighted by molar-refractivity contribution is 0.102. The number of methoxy groups -OCH3 is 1. The lowest BCUT2D eigenvalue weighted by atomic mass is 10.1. The maximum absolute atomic E-state index is 13.4. The Balaban J connectivity index is 1.63. The van der Waals surface area contributed by atoms with Crippen molar-refractivity contribution >= 4 is 22.6 Å². The highest BCUT2D eigenvalue weighted by molar-refractivity contribution is 6.13. The Kier molecular flexibility index (Phi) is 5.29. The zero-order chi connectivity index (χ0) is 22.9. The van der Waals surface area contributed by atoms with Gasteiger partial charge in [0.15, 0.2) is 17.1 Å². The molecule has 0 aliphatic carbocycles. The molecule has 33 heavy (non-hydrogen) atoms. The van der Waals surface area contributed by atoms with Gasteiger partial charge in [-0.2, -0.15) is 5.10 Å². The number of pyridine rings is 2. The van der Waals surface area contributed by atoms with Crippen molar-refractivity contribution in [2.75, 3.05) is 25.6 Å². The summed E-state index contributed by atoms with van der Waals surface area (Å²) in [6.07, 6.45) is 3.27. The number of rotatable bonds is 5. The Hall–Kier alpha value is -4.14. The molecule has 0 unspecified atom stereocenters. The smallest absolute Gasteiger partial charge is 0.256 e. The number of aromatic nitrogens is 4. The Morgan fingerprint density at radius 3 is 2.76 bits per heavy atom. The van der Waals surface area contributed by atoms with Crippen molar-refractivity contribution in [3.63, 3.8) is 0 Å². The van der Waals surface area contributed by atoms with Crippen LogP contribution in [0.4, 0.5) is 5.69 Å². The number of anilines is 1. The second-order valence-corrected chi connectivity index (χ2v) is 7.85. The second kappa shape index (κ2) is 8.42. The van der Waals surface area contributed by atoms with E-state index in [2.05, 4.69) is 15.4 Å². The number of ether oxygens (including phenoxy) is 3. The summed E-state index contributed by atoms with van der Waals surface area (Å²) < 4.78 is 18.4. The SMILES string of the molecule is COc1ncccc1NC(=O)c1cc(-c2ccc3c(c2)OCCO3)nc2c1cnn2C(C)C. The molecule has 0 bridgehead atoms. The number of nitrogens with zero attached hydrogens (tertiary/aromatic N) is 4. The van der Waals surface area contributed by atoms with Crippen LogP contribution in [0.25, 0.3) is 22.3 Å². The van der Waals surface area contributed by atoms with Gasteiger partial charge in [0, 0.05) is 17.8 Å². The molecule has 0 saturated heterocycles. The monoisotopic (exact) mass is 445 g/mol. The predicted molar refractivity (Wildman–Crippen MR) is 123 cm³/mol. The highest BCUT2D eigenvalue weighted by Crippen LogP contribution is 2.35. The molecule has 1 aliphatic rings. The van der Waals surface area contributed by atoms with E-state index in [4.69, 9.17) is 19.2 Å². The number of fused-ring (bicyclic) bond motifs is 2. The molecule has 1 amide bonds. The Bertz CT molecular complexity index is 1350. The van der Waals surface area contributed by atoms with E-state index >= 15 is 0 Å². The molecule has 5 rings (SSSR count). The summed E-state index contributed by atoms with van der Waals surface area (Å²) in [6, 6.07) is 10.9. The van der Waals surface area contributed by atoms with Gasteiger partial charge in [-0.3, -0.25) is 4.79 Å². The number of hydrogen-bond acceptors (Lipinski definition) is 7. The lowest BCUT2D eigenvalue weighted by Crippen LogP contribution is -2.15. The molecule has 0 fully saturated rings. The van der Waals surface area contributed by atoms with E-state index in [1.165, 1.54) is 7.11 Å². The van der Waals surface area contributed by atoms with Crippen LogP contribution in [0.2, 0.25) is 0 Å². The average molecular weight is 445 g/mol. The van der Waals surface area contributed by atoms with Gasteiger partial charge in [0.1, 0.15) is 18.9 Å². The average Bonchev–Trinajstić information content (AvgIpc) is 3.28. The molecule has 1 aromatic carbocycles. The minimum atomic E-state index is -0.309. The Labute approximate surface area is 190 Å². The minimum Gasteiger partial charge on any atom is -0.486 e. The predicted octanol–water partition coefficient (Wildman–Crippen LogP) is 4.11. The molecule has 1 aliphatic heterocycles. The Morgan fingerprint density at radius 1 is 1.15 bits per heavy atom. The van der Waals surface area contributed by atoms with E-state index < -0.39 is 0 Å². The molecule has 0 radical (unpaired) electrons. The van der Waals surface area contributed by atoms with Gasteiger partial charge in [0.25, 0.3) is 5.91 Å². The quantitative estimate of drug-likeness (QED) is 0.493. The van der Waals surface area contributed by atoms with E-state index in [9.17, 15) is 4.79 Å². The molecule has 4 heterocycles. The maximum Gasteiger partial charge on any atom is 0.256 e. The summed E-state index contributed by atoms with van der Waals surface area (Å²) in [5.41, 5.74) is 2.99. The highest BCUT2D eigenvalue weighted by atomic mass is 16.6. The van der Waals surface area contributed by atoms with Gasteiger partial charge < -0.3 is 19.5 Å². The lowest BCUT2D eigenvalue weighted by Gasteiger charge is -2.19. The van der Waals surface area contributed by atoms with Crippen LogP contribution in [0.5, 0.6) is 17.4 Å². The standard InChI is InChI=1S/C24H23N5O4/c1-14(2)29-22-17(13-26-29)16(23(30)28-18-5-4-8-25-24(18)31-3)12-19(27-22)15-6-7-20-21(11-15)33-10-9-32-20/h4-8,11-14H,9-10H2,1-3H3,(H,28,30). The number of carbonyl (C=O) groups excluding carboxylic acids is 1. The zero-order valence-electron chi connectivity index (χ0n) is 18.5. The molecule has 0 atom stereocenters. The van der Waals surface area contributed by atoms with E-state index in [1.807, 2.05) is 32.0 Å². The summed E-state index contributed by atoms with van der Waals surface area (Å²) in [5.74, 6) is 1.38. The molecule has 9 heteroatoms. The minimum absolute atomic E-state index is 0.0693. The molecule has 0 spiro atoms. The van der Waals surface area contributed by atoms with E-state index in [1.54, 1.807) is 35.3 Å². The van der Waals surface area contributed by atoms with Gasteiger partial charge in [0.2, 0.25) is 5.88 Å². The summed E-state index contributed by atoms with van der Waals surface area (Å²) >= 11 is 0. The first-order chi connectivity index (χ1) is 16.0. The van der Waals surface area contributed by atoms with Crippen LogP contribution in [-0.4, -0.2) is 46.0 Å². The third kappa shape index (κ3) is 3.82. The van der Waals surface area contributed by atoms with Gasteiger partial charge in [-0.25, -0.2) is 14.6 Å². The zero-order valence-corrected chi connectivity index (χ0v) is 18.5. The van der Waals surface area contributed by atoms with Crippen molar-refractivity contribution in [3.8, 4) is 28.6 Å². The number of amides is 1. The van der Waals surface area contributed by atoms with Crippen LogP contribution < -0.4 is 19.5 Å². The number of nitrogens with one attached hydrogen (secondary N) is 1. The van der Waals surface area contributed by atoms with E-state index in [0.717, 1.165) is 5.56 Å². The van der Waals surface area contributed by atoms with Gasteiger partial charge in [-0.15, -0.1) is 0 Å². The van der Waals surface area contributed by atoms with Crippen molar-refractivity contribution in [1.82, 2.24) is 19.7 Å². The van der Waals surface area contributed by atoms with E-state index in [0.29, 0.717) is 58.6 Å². The summed E-state index contributed by atoms with van der Waals surface area (Å²) in [6.45, 7) is 5.05. The van der Waals surface area contributed by atoms with Crippen molar-refractivity contribution in [3.05, 3.63) is 54.4 Å². The first kappa shape index (κ1) is 20.7. The molecular weight excluding hydrogens is 422 g/mol. The van der Waals surface area contributed by atoms with Crippen LogP contribution in [0.1, 0.15) is 30.2 Å². The largest absolute Gasteiger partial charge is 0.486 e. The molecule has 1 N–H and O–H groups in total. The summed E-state index contributed by atoms with van der Waals surface area (Å²) in [4.78, 5) is 22.4. The van der Waals surface area contributed by atoms with Crippen molar-refractivity contribution in [2.45, 2.75) is 19.9 Å². The van der Waals surface area contributed by atoms with Crippen LogP contribution in [0, 0.1) is 0 Å². The first-order valence-electron chi connectivity index (χ1n) is 10.6. The Morgan fingerprint density at radius 2 is 1.97 bits per heavy atom. The summed E-state index contributed by atoms with van der Waals surface area (Å²) in [5, 5.41) is 8.03. The molecular formula is C24H23N5O4. The first-order valence-corrected chi connectivity index (χ1v) is 10.6. The van der Waals surface area contributed by atoms with Gasteiger partial charge in [0.05, 0.1) is 30.0 Å². The number of benzene rings is 1. The molecule has 168 valence electrons. The van der Waals surface area contributed by atoms with Crippen molar-refractivity contribution < 1.29 is 19.0 Å². The fraction of sp³-hybridized carbons (Fsp3) is 0.250. The van der Waals surface area contributed by atoms with Crippen molar-refractivity contribution in [2.24, 2.45) is 0 Å². The molecule has 9 nitrogen and oxygen atoms in total. The number of carbonyl (C=O) groups is 1. The second-order valence-electron chi connectivity index (χ2n) is 7.85. The molecule has 3 aromatic heterocycles. The van der Waals surface area contributed by atoms with Gasteiger partial charge >= 0.3 is 0 Å². The van der Waals surface area contributed by atoms with Crippen LogP contribution in [0.15, 0.2) is 48.8 Å². The number of hydrogen-bond donors (Lipinski definition) is 1. The molecule has 0 saturated carbocycles. The van der Waals surface area contributed by atoms with Gasteiger partial charge in [-0.05, 0) is 50.2 Å². The van der Waals surface area contributed by atoms with Gasteiger partial charge in [-0.1, -0.05) is 0 Å². The van der Waals surface area contributed by atoms with Crippen molar-refractivity contribution in [1.29, 1.82) is 0 Å². The molecule has 4 aromatic rings. The third-order valence-corrected chi connectivity index (χ3v) is 5.35. The summed E-state index contributed by atoms with van der Waals surface area (Å²) in [7, 11) is 1.51. The normalized spacial score (nSPS) is 12.7. The van der Waals surface area contributed by atoms with Crippen LogP contribution in [0.3, 0.4) is 0 Å². The van der Waals surface area contributed by atoms with E-state index in [-0.39, 0.29) is 11.9 Å². The fourth-order valence-corrected chi connectivity index (χ4v) is 3.77. The van der Waals surface area contributed by atoms with Crippen LogP contribution in [-0.2, 0) is 0 Å². The topological polar surface area (TPSA) is 100 Å². The highest BCUT2D eigenvalue weighted by Gasteiger charge is 2.21.